The number of aromatic amines is 1. The predicted molar refractivity (Wildman–Crippen MR) is 71.2 cm³/mol. The van der Waals surface area contributed by atoms with Gasteiger partial charge in [0, 0.05) is 17.1 Å². The minimum Gasteiger partial charge on any atom is -0.465 e. The van der Waals surface area contributed by atoms with Crippen molar-refractivity contribution in [2.45, 2.75) is 0 Å². The monoisotopic (exact) mass is 287 g/mol. The van der Waals surface area contributed by atoms with Crippen molar-refractivity contribution in [2.24, 2.45) is 0 Å². The highest BCUT2D eigenvalue weighted by Crippen LogP contribution is 2.17. The minimum absolute atomic E-state index is 0.0957. The number of hydrogen-bond donors (Lipinski definition) is 1. The summed E-state index contributed by atoms with van der Waals surface area (Å²) in [6.45, 7) is 0. The number of benzene rings is 1. The third-order valence-corrected chi connectivity index (χ3v) is 2.61. The second-order valence-corrected chi connectivity index (χ2v) is 3.92. The molecule has 0 fully saturated rings. The Bertz CT molecular complexity index is 551. The number of halogens is 2. The van der Waals surface area contributed by atoms with E-state index in [1.54, 1.807) is 6.20 Å². The van der Waals surface area contributed by atoms with Gasteiger partial charge in [0.2, 0.25) is 5.24 Å². The van der Waals surface area contributed by atoms with E-state index in [-0.39, 0.29) is 11.8 Å². The van der Waals surface area contributed by atoms with Crippen LogP contribution in [-0.4, -0.2) is 29.2 Å². The van der Waals surface area contributed by atoms with Crippen LogP contribution in [0.4, 0.5) is 0 Å². The number of hydrogen-bond acceptors (Lipinski definition) is 3. The van der Waals surface area contributed by atoms with E-state index in [4.69, 9.17) is 23.2 Å². The summed E-state index contributed by atoms with van der Waals surface area (Å²) in [7, 11) is 1.38. The maximum absolute atomic E-state index is 11.2. The number of methoxy groups -OCH3 is 1. The average Bonchev–Trinajstić information content (AvgIpc) is 2.82. The van der Waals surface area contributed by atoms with Gasteiger partial charge < -0.3 is 9.72 Å². The van der Waals surface area contributed by atoms with E-state index in [0.29, 0.717) is 5.56 Å². The van der Waals surface area contributed by atoms with E-state index in [0.717, 1.165) is 10.9 Å². The van der Waals surface area contributed by atoms with Crippen LogP contribution in [0.1, 0.15) is 10.4 Å². The topological polar surface area (TPSA) is 59.2 Å². The molecule has 2 rings (SSSR count). The molecular weight excluding hydrogens is 277 g/mol. The van der Waals surface area contributed by atoms with Gasteiger partial charge in [-0.1, -0.05) is 18.2 Å². The average molecular weight is 288 g/mol. The fraction of sp³-hybridized carbons (Fsp3) is 0.167. The van der Waals surface area contributed by atoms with Gasteiger partial charge in [-0.15, -0.1) is 11.6 Å². The van der Waals surface area contributed by atoms with Crippen LogP contribution in [0.3, 0.4) is 0 Å². The highest BCUT2D eigenvalue weighted by Gasteiger charge is 2.10. The lowest BCUT2D eigenvalue weighted by atomic mass is 10.2. The molecule has 0 aliphatic rings. The molecule has 96 valence electrons. The molecule has 1 aromatic carbocycles. The lowest BCUT2D eigenvalue weighted by molar-refractivity contribution is -0.109. The van der Waals surface area contributed by atoms with Crippen LogP contribution >= 0.6 is 23.2 Å². The summed E-state index contributed by atoms with van der Waals surface area (Å²) in [5.74, 6) is -0.404. The summed E-state index contributed by atoms with van der Waals surface area (Å²) in [5, 5.41) is 0.390. The summed E-state index contributed by atoms with van der Waals surface area (Å²) in [5.41, 5.74) is 1.53. The second-order valence-electron chi connectivity index (χ2n) is 3.23. The van der Waals surface area contributed by atoms with Crippen molar-refractivity contribution in [1.82, 2.24) is 4.98 Å². The Kier molecular flexibility index (Phi) is 5.68. The largest absolute Gasteiger partial charge is 0.465 e. The number of esters is 1. The lowest BCUT2D eigenvalue weighted by Crippen LogP contribution is -1.99. The summed E-state index contributed by atoms with van der Waals surface area (Å²) in [4.78, 5) is 23.7. The van der Waals surface area contributed by atoms with Crippen LogP contribution in [0.2, 0.25) is 0 Å². The van der Waals surface area contributed by atoms with Crippen molar-refractivity contribution in [1.29, 1.82) is 0 Å². The number of aromatic nitrogens is 1. The van der Waals surface area contributed by atoms with E-state index < -0.39 is 5.24 Å². The van der Waals surface area contributed by atoms with Crippen LogP contribution in [0.5, 0.6) is 0 Å². The van der Waals surface area contributed by atoms with Crippen molar-refractivity contribution in [3.8, 4) is 0 Å². The molecule has 1 heterocycles. The van der Waals surface area contributed by atoms with Gasteiger partial charge in [-0.25, -0.2) is 4.79 Å². The zero-order chi connectivity index (χ0) is 13.5. The van der Waals surface area contributed by atoms with E-state index in [2.05, 4.69) is 9.72 Å². The Balaban J connectivity index is 0.000000280. The number of rotatable bonds is 2. The summed E-state index contributed by atoms with van der Waals surface area (Å²) in [6.07, 6.45) is 1.66. The Morgan fingerprint density at radius 1 is 1.33 bits per heavy atom. The van der Waals surface area contributed by atoms with Gasteiger partial charge in [0.1, 0.15) is 0 Å². The second kappa shape index (κ2) is 7.03. The number of alkyl halides is 1. The lowest BCUT2D eigenvalue weighted by Gasteiger charge is -1.95. The Morgan fingerprint density at radius 2 is 1.94 bits per heavy atom. The fourth-order valence-electron chi connectivity index (χ4n) is 1.35. The van der Waals surface area contributed by atoms with Crippen molar-refractivity contribution < 1.29 is 14.3 Å². The van der Waals surface area contributed by atoms with Gasteiger partial charge in [-0.2, -0.15) is 0 Å². The first kappa shape index (κ1) is 14.5. The van der Waals surface area contributed by atoms with Crippen molar-refractivity contribution in [3.05, 3.63) is 36.0 Å². The molecule has 0 radical (unpaired) electrons. The number of fused-ring (bicyclic) bond motifs is 1. The number of carbonyl (C=O) groups is 2. The van der Waals surface area contributed by atoms with Crippen molar-refractivity contribution in [3.63, 3.8) is 0 Å². The van der Waals surface area contributed by atoms with Crippen LogP contribution in [0, 0.1) is 0 Å². The first-order chi connectivity index (χ1) is 8.60. The number of nitrogens with one attached hydrogen (secondary N) is 1. The van der Waals surface area contributed by atoms with E-state index in [1.807, 2.05) is 24.3 Å². The molecule has 2 aromatic rings. The first-order valence-electron chi connectivity index (χ1n) is 4.99. The SMILES string of the molecule is COC(=O)c1c[nH]c2ccccc12.O=C(Cl)CCl. The smallest absolute Gasteiger partial charge is 0.340 e. The molecule has 0 atom stereocenters. The molecule has 0 bridgehead atoms. The highest BCUT2D eigenvalue weighted by molar-refractivity contribution is 6.67. The van der Waals surface area contributed by atoms with Crippen LogP contribution in [0.25, 0.3) is 10.9 Å². The number of ether oxygens (including phenoxy) is 1. The molecule has 0 saturated heterocycles. The van der Waals surface area contributed by atoms with Crippen molar-refractivity contribution in [2.75, 3.05) is 13.0 Å². The molecule has 1 N–H and O–H groups in total. The Hall–Kier alpha value is -1.52. The molecule has 0 aliphatic heterocycles. The normalized spacial score (nSPS) is 9.50. The van der Waals surface area contributed by atoms with Crippen LogP contribution in [-0.2, 0) is 9.53 Å². The molecule has 0 saturated carbocycles. The van der Waals surface area contributed by atoms with Crippen LogP contribution in [0.15, 0.2) is 30.5 Å². The maximum atomic E-state index is 11.2. The quantitative estimate of drug-likeness (QED) is 0.525. The fourth-order valence-corrected chi connectivity index (χ4v) is 1.35. The Morgan fingerprint density at radius 3 is 2.50 bits per heavy atom. The minimum atomic E-state index is -0.508. The van der Waals surface area contributed by atoms with E-state index >= 15 is 0 Å². The maximum Gasteiger partial charge on any atom is 0.340 e. The molecule has 0 spiro atoms. The molecule has 6 heteroatoms. The third kappa shape index (κ3) is 3.75. The highest BCUT2D eigenvalue weighted by atomic mass is 35.5. The number of para-hydroxylation sites is 1. The van der Waals surface area contributed by atoms with Gasteiger partial charge in [-0.05, 0) is 17.7 Å². The molecule has 0 aliphatic carbocycles. The summed E-state index contributed by atoms with van der Waals surface area (Å²) < 4.78 is 4.64. The van der Waals surface area contributed by atoms with Gasteiger partial charge in [0.25, 0.3) is 0 Å². The van der Waals surface area contributed by atoms with Crippen LogP contribution < -0.4 is 0 Å². The van der Waals surface area contributed by atoms with E-state index in [9.17, 15) is 9.59 Å². The standard InChI is InChI=1S/C10H9NO2.C2H2Cl2O/c1-13-10(12)8-6-11-9-5-3-2-4-7(8)9;3-1-2(4)5/h2-6,11H,1H3;1H2. The molecular formula is C12H11Cl2NO3. The van der Waals surface area contributed by atoms with Gasteiger partial charge >= 0.3 is 5.97 Å². The number of H-pyrrole nitrogens is 1. The van der Waals surface area contributed by atoms with Gasteiger partial charge in [0.05, 0.1) is 18.6 Å². The zero-order valence-electron chi connectivity index (χ0n) is 9.57. The predicted octanol–water partition coefficient (Wildman–Crippen LogP) is 2.95. The van der Waals surface area contributed by atoms with Gasteiger partial charge in [-0.3, -0.25) is 4.79 Å². The Labute approximate surface area is 114 Å². The third-order valence-electron chi connectivity index (χ3n) is 2.10. The summed E-state index contributed by atoms with van der Waals surface area (Å²) >= 11 is 9.55. The molecule has 0 amide bonds. The van der Waals surface area contributed by atoms with Gasteiger partial charge in [0.15, 0.2) is 0 Å². The summed E-state index contributed by atoms with van der Waals surface area (Å²) in [6, 6.07) is 7.61. The van der Waals surface area contributed by atoms with E-state index in [1.165, 1.54) is 7.11 Å². The molecule has 4 nitrogen and oxygen atoms in total. The molecule has 1 aromatic heterocycles. The molecule has 0 unspecified atom stereocenters. The van der Waals surface area contributed by atoms with Crippen molar-refractivity contribution >= 4 is 45.3 Å². The number of carbonyl (C=O) groups excluding carboxylic acids is 2. The first-order valence-corrected chi connectivity index (χ1v) is 5.90. The molecule has 18 heavy (non-hydrogen) atoms. The zero-order valence-corrected chi connectivity index (χ0v) is 11.1.